The number of nitrogens with one attached hydrogen (secondary N) is 6. The summed E-state index contributed by atoms with van der Waals surface area (Å²) in [6.07, 6.45) is -0.0877. The van der Waals surface area contributed by atoms with Crippen molar-refractivity contribution in [2.45, 2.75) is 90.6 Å². The summed E-state index contributed by atoms with van der Waals surface area (Å²) in [4.78, 5) is 63.6. The molecular weight excluding hydrogens is 536 g/mol. The molecule has 11 N–H and O–H groups in total. The van der Waals surface area contributed by atoms with Crippen LogP contribution in [0.5, 0.6) is 0 Å². The summed E-state index contributed by atoms with van der Waals surface area (Å²) < 4.78 is 0. The number of H-pyrrole nitrogens is 1. The highest BCUT2D eigenvalue weighted by atomic mass is 16.3. The molecular formula is C25H44N10O6. The molecule has 5 amide bonds. The number of aliphatic hydroxyl groups excluding tert-OH is 1. The molecule has 0 spiro atoms. The molecule has 1 rings (SSSR count). The Kier molecular flexibility index (Phi) is 13.2. The minimum atomic E-state index is -1.41. The van der Waals surface area contributed by atoms with Crippen molar-refractivity contribution >= 4 is 35.4 Å². The first-order chi connectivity index (χ1) is 19.0. The Balaban J connectivity index is 2.83. The minimum Gasteiger partial charge on any atom is -0.391 e. The number of amidine groups is 1. The Bertz CT molecular complexity index is 1090. The second-order valence-electron chi connectivity index (χ2n) is 10.7. The van der Waals surface area contributed by atoms with E-state index in [2.05, 4.69) is 41.9 Å². The van der Waals surface area contributed by atoms with Crippen molar-refractivity contribution in [1.29, 1.82) is 0 Å². The average molecular weight is 581 g/mol. The second kappa shape index (κ2) is 15.5. The predicted molar refractivity (Wildman–Crippen MR) is 151 cm³/mol. The first-order valence-corrected chi connectivity index (χ1v) is 13.2. The van der Waals surface area contributed by atoms with Crippen LogP contribution < -0.4 is 38.2 Å². The van der Waals surface area contributed by atoms with Crippen molar-refractivity contribution in [3.05, 3.63) is 18.0 Å². The molecule has 0 saturated carbocycles. The van der Waals surface area contributed by atoms with Crippen LogP contribution in [0.2, 0.25) is 0 Å². The van der Waals surface area contributed by atoms with Gasteiger partial charge in [0.1, 0.15) is 24.0 Å². The molecule has 0 saturated heterocycles. The van der Waals surface area contributed by atoms with Crippen molar-refractivity contribution in [1.82, 2.24) is 36.8 Å². The summed E-state index contributed by atoms with van der Waals surface area (Å²) in [5.41, 5.74) is 5.08. The van der Waals surface area contributed by atoms with E-state index in [1.807, 2.05) is 20.8 Å². The van der Waals surface area contributed by atoms with E-state index < -0.39 is 65.7 Å². The number of carbonyl (C=O) groups is 5. The average Bonchev–Trinajstić information content (AvgIpc) is 3.45. The monoisotopic (exact) mass is 580 g/mol. The third-order valence-electron chi connectivity index (χ3n) is 6.57. The number of aliphatic hydroxyl groups is 1. The summed E-state index contributed by atoms with van der Waals surface area (Å²) in [7, 11) is 0. The van der Waals surface area contributed by atoms with Crippen molar-refractivity contribution in [3.8, 4) is 0 Å². The summed E-state index contributed by atoms with van der Waals surface area (Å²) in [5.74, 6) is 1.90. The molecule has 16 heteroatoms. The number of aromatic amines is 1. The fourth-order valence-electron chi connectivity index (χ4n) is 3.34. The molecule has 0 aliphatic carbocycles. The van der Waals surface area contributed by atoms with Crippen molar-refractivity contribution in [2.24, 2.45) is 22.6 Å². The van der Waals surface area contributed by atoms with Crippen LogP contribution in [-0.2, 0) is 29.4 Å². The molecule has 0 aliphatic heterocycles. The van der Waals surface area contributed by atoms with Gasteiger partial charge in [-0.15, -0.1) is 0 Å². The van der Waals surface area contributed by atoms with Gasteiger partial charge in [-0.3, -0.25) is 29.1 Å². The third kappa shape index (κ3) is 10.7. The van der Waals surface area contributed by atoms with E-state index in [9.17, 15) is 29.1 Å². The fraction of sp³-hybridized carbons (Fsp3) is 0.640. The lowest BCUT2D eigenvalue weighted by Gasteiger charge is -2.26. The van der Waals surface area contributed by atoms with Crippen LogP contribution >= 0.6 is 0 Å². The molecule has 1 heterocycles. The molecule has 5 atom stereocenters. The topological polar surface area (TPSA) is 259 Å². The van der Waals surface area contributed by atoms with E-state index in [-0.39, 0.29) is 24.2 Å². The molecule has 0 aromatic carbocycles. The van der Waals surface area contributed by atoms with E-state index >= 15 is 0 Å². The molecule has 5 unspecified atom stereocenters. The van der Waals surface area contributed by atoms with Crippen molar-refractivity contribution in [3.63, 3.8) is 0 Å². The zero-order valence-electron chi connectivity index (χ0n) is 24.6. The summed E-state index contributed by atoms with van der Waals surface area (Å²) >= 11 is 0. The van der Waals surface area contributed by atoms with E-state index in [0.717, 1.165) is 0 Å². The molecule has 0 radical (unpaired) electrons. The molecule has 0 aliphatic rings. The maximum absolute atomic E-state index is 13.0. The van der Waals surface area contributed by atoms with Gasteiger partial charge < -0.3 is 43.3 Å². The number of carbonyl (C=O) groups excluding carboxylic acids is 5. The SMILES string of the molecule is CC(NC(=O)C(NC(=O)CNC(=O)C(C/C(N)=N/N)NC(=O)C(C)(C)c1ccn[nH]1)C(C)O)C(=O)NC(C)C(C)C. The molecule has 230 valence electrons. The van der Waals surface area contributed by atoms with Gasteiger partial charge in [-0.1, -0.05) is 13.8 Å². The predicted octanol–water partition coefficient (Wildman–Crippen LogP) is -2.56. The zero-order valence-corrected chi connectivity index (χ0v) is 24.6. The smallest absolute Gasteiger partial charge is 0.245 e. The zero-order chi connectivity index (χ0) is 31.5. The molecule has 0 bridgehead atoms. The van der Waals surface area contributed by atoms with Gasteiger partial charge in [-0.25, -0.2) is 0 Å². The van der Waals surface area contributed by atoms with Gasteiger partial charge in [0.2, 0.25) is 29.5 Å². The number of rotatable bonds is 15. The van der Waals surface area contributed by atoms with E-state index in [1.54, 1.807) is 19.9 Å². The Hall–Kier alpha value is -4.21. The van der Waals surface area contributed by atoms with Gasteiger partial charge in [-0.2, -0.15) is 10.2 Å². The third-order valence-corrected chi connectivity index (χ3v) is 6.57. The van der Waals surface area contributed by atoms with Crippen LogP contribution in [0.1, 0.15) is 60.6 Å². The second-order valence-corrected chi connectivity index (χ2v) is 10.7. The van der Waals surface area contributed by atoms with Crippen LogP contribution in [0.25, 0.3) is 0 Å². The Morgan fingerprint density at radius 1 is 1.00 bits per heavy atom. The van der Waals surface area contributed by atoms with E-state index in [0.29, 0.717) is 5.69 Å². The summed E-state index contributed by atoms with van der Waals surface area (Å²) in [6, 6.07) is -2.11. The largest absolute Gasteiger partial charge is 0.391 e. The van der Waals surface area contributed by atoms with Crippen molar-refractivity contribution < 1.29 is 29.1 Å². The molecule has 16 nitrogen and oxygen atoms in total. The number of amides is 5. The van der Waals surface area contributed by atoms with Gasteiger partial charge in [-0.05, 0) is 46.6 Å². The maximum Gasteiger partial charge on any atom is 0.245 e. The highest BCUT2D eigenvalue weighted by Crippen LogP contribution is 2.21. The summed E-state index contributed by atoms with van der Waals surface area (Å²) in [5, 5.41) is 32.5. The van der Waals surface area contributed by atoms with Crippen LogP contribution in [0, 0.1) is 5.92 Å². The Morgan fingerprint density at radius 2 is 1.63 bits per heavy atom. The first kappa shape index (κ1) is 34.8. The van der Waals surface area contributed by atoms with Gasteiger partial charge >= 0.3 is 0 Å². The number of nitrogens with zero attached hydrogens (tertiary/aromatic N) is 2. The molecule has 41 heavy (non-hydrogen) atoms. The molecule has 1 aromatic rings. The van der Waals surface area contributed by atoms with Crippen LogP contribution in [0.15, 0.2) is 17.4 Å². The number of aromatic nitrogens is 2. The normalized spacial score (nSPS) is 15.6. The summed E-state index contributed by atoms with van der Waals surface area (Å²) in [6.45, 7) is 11.1. The lowest BCUT2D eigenvalue weighted by Crippen LogP contribution is -2.58. The van der Waals surface area contributed by atoms with Crippen LogP contribution in [0.3, 0.4) is 0 Å². The molecule has 0 fully saturated rings. The Labute approximate surface area is 239 Å². The fourth-order valence-corrected chi connectivity index (χ4v) is 3.34. The van der Waals surface area contributed by atoms with Crippen LogP contribution in [-0.4, -0.2) is 87.5 Å². The van der Waals surface area contributed by atoms with Gasteiger partial charge in [0, 0.05) is 18.7 Å². The van der Waals surface area contributed by atoms with Gasteiger partial charge in [0.05, 0.1) is 23.8 Å². The maximum atomic E-state index is 13.0. The number of hydrogen-bond donors (Lipinski definition) is 9. The first-order valence-electron chi connectivity index (χ1n) is 13.2. The van der Waals surface area contributed by atoms with Crippen molar-refractivity contribution in [2.75, 3.05) is 6.54 Å². The quantitative estimate of drug-likeness (QED) is 0.0457. The lowest BCUT2D eigenvalue weighted by molar-refractivity contribution is -0.135. The highest BCUT2D eigenvalue weighted by molar-refractivity contribution is 5.97. The van der Waals surface area contributed by atoms with E-state index in [4.69, 9.17) is 11.6 Å². The van der Waals surface area contributed by atoms with Gasteiger partial charge in [0.25, 0.3) is 0 Å². The minimum absolute atomic E-state index is 0.124. The number of nitrogens with two attached hydrogens (primary N) is 2. The van der Waals surface area contributed by atoms with E-state index in [1.165, 1.54) is 20.0 Å². The number of hydrazone groups is 1. The number of hydrogen-bond acceptors (Lipinski definition) is 9. The standard InChI is InChI=1S/C25H44N10O6/c1-12(2)13(3)30-21(38)14(4)31-23(40)20(15(5)36)33-19(37)11-28-22(39)16(10-18(26)34-27)32-24(41)25(6,7)17-8-9-29-35-17/h8-9,12-16,20,36H,10-11,27H2,1-7H3,(H2,26,34)(H,28,39)(H,29,35)(H,30,38)(H,31,40)(H,32,41)(H,33,37). The highest BCUT2D eigenvalue weighted by Gasteiger charge is 2.35. The van der Waals surface area contributed by atoms with Crippen LogP contribution in [0.4, 0.5) is 0 Å². The Morgan fingerprint density at radius 3 is 2.15 bits per heavy atom. The van der Waals surface area contributed by atoms with Gasteiger partial charge in [0.15, 0.2) is 0 Å². The molecule has 1 aromatic heterocycles. The lowest BCUT2D eigenvalue weighted by atomic mass is 9.88.